The van der Waals surface area contributed by atoms with E-state index in [9.17, 15) is 0 Å². The van der Waals surface area contributed by atoms with Gasteiger partial charge in [-0.05, 0) is 30.4 Å². The van der Waals surface area contributed by atoms with Crippen molar-refractivity contribution in [3.63, 3.8) is 0 Å². The average Bonchev–Trinajstić information content (AvgIpc) is 2.95. The predicted octanol–water partition coefficient (Wildman–Crippen LogP) is 2.53. The van der Waals surface area contributed by atoms with E-state index >= 15 is 0 Å². The van der Waals surface area contributed by atoms with Crippen molar-refractivity contribution in [3.05, 3.63) is 35.4 Å². The van der Waals surface area contributed by atoms with Gasteiger partial charge in [-0.3, -0.25) is 0 Å². The number of nitrogens with one attached hydrogen (secondary N) is 1. The minimum atomic E-state index is 0.598. The molecule has 3 aliphatic heterocycles. The Morgan fingerprint density at radius 1 is 1.24 bits per heavy atom. The molecule has 3 aliphatic rings. The number of para-hydroxylation sites is 1. The van der Waals surface area contributed by atoms with Crippen molar-refractivity contribution in [2.75, 3.05) is 6.61 Å². The molecule has 2 nitrogen and oxygen atoms in total. The van der Waals surface area contributed by atoms with Crippen LogP contribution in [0.25, 0.3) is 5.57 Å². The molecule has 2 bridgehead atoms. The second kappa shape index (κ2) is 3.61. The van der Waals surface area contributed by atoms with E-state index in [1.807, 2.05) is 0 Å². The molecule has 0 aliphatic carbocycles. The lowest BCUT2D eigenvalue weighted by molar-refractivity contribution is 0.355. The van der Waals surface area contributed by atoms with Gasteiger partial charge in [-0.25, -0.2) is 0 Å². The molecule has 2 atom stereocenters. The van der Waals surface area contributed by atoms with Crippen molar-refractivity contribution in [1.82, 2.24) is 5.32 Å². The monoisotopic (exact) mass is 227 g/mol. The maximum atomic E-state index is 5.81. The van der Waals surface area contributed by atoms with E-state index in [1.165, 1.54) is 29.5 Å². The highest BCUT2D eigenvalue weighted by molar-refractivity contribution is 5.74. The minimum absolute atomic E-state index is 0.598. The summed E-state index contributed by atoms with van der Waals surface area (Å²) in [4.78, 5) is 0. The van der Waals surface area contributed by atoms with E-state index in [2.05, 4.69) is 29.6 Å². The Labute approximate surface area is 102 Å². The van der Waals surface area contributed by atoms with Gasteiger partial charge in [0.15, 0.2) is 0 Å². The van der Waals surface area contributed by atoms with Crippen LogP contribution in [0, 0.1) is 0 Å². The third kappa shape index (κ3) is 1.51. The van der Waals surface area contributed by atoms with E-state index in [-0.39, 0.29) is 0 Å². The number of fused-ring (bicyclic) bond motifs is 3. The van der Waals surface area contributed by atoms with Gasteiger partial charge in [-0.1, -0.05) is 24.3 Å². The van der Waals surface area contributed by atoms with Crippen LogP contribution in [0.3, 0.4) is 0 Å². The summed E-state index contributed by atoms with van der Waals surface area (Å²) < 4.78 is 5.81. The normalized spacial score (nSPS) is 29.8. The van der Waals surface area contributed by atoms with E-state index in [0.717, 1.165) is 25.2 Å². The molecule has 0 radical (unpaired) electrons. The average molecular weight is 227 g/mol. The lowest BCUT2D eigenvalue weighted by Gasteiger charge is -2.22. The van der Waals surface area contributed by atoms with Crippen molar-refractivity contribution in [3.8, 4) is 5.75 Å². The molecule has 4 rings (SSSR count). The zero-order valence-electron chi connectivity index (χ0n) is 9.91. The summed E-state index contributed by atoms with van der Waals surface area (Å²) in [5, 5.41) is 3.64. The van der Waals surface area contributed by atoms with Gasteiger partial charge in [0.25, 0.3) is 0 Å². The molecule has 2 heteroatoms. The molecule has 0 amide bonds. The van der Waals surface area contributed by atoms with Gasteiger partial charge in [-0.15, -0.1) is 0 Å². The maximum Gasteiger partial charge on any atom is 0.130 e. The Kier molecular flexibility index (Phi) is 2.06. The van der Waals surface area contributed by atoms with Crippen LogP contribution >= 0.6 is 0 Å². The topological polar surface area (TPSA) is 21.3 Å². The number of rotatable bonds is 1. The highest BCUT2D eigenvalue weighted by atomic mass is 16.5. The van der Waals surface area contributed by atoms with Crippen molar-refractivity contribution in [1.29, 1.82) is 0 Å². The van der Waals surface area contributed by atoms with Crippen LogP contribution in [0.1, 0.15) is 30.4 Å². The molecule has 2 unspecified atom stereocenters. The van der Waals surface area contributed by atoms with Crippen LogP contribution in [-0.4, -0.2) is 18.7 Å². The lowest BCUT2D eigenvalue weighted by Crippen LogP contribution is -2.31. The molecule has 1 fully saturated rings. The first kappa shape index (κ1) is 9.72. The highest BCUT2D eigenvalue weighted by Gasteiger charge is 2.30. The molecule has 1 saturated heterocycles. The second-order valence-corrected chi connectivity index (χ2v) is 5.34. The number of benzene rings is 1. The van der Waals surface area contributed by atoms with Gasteiger partial charge >= 0.3 is 0 Å². The molecule has 1 N–H and O–H groups in total. The summed E-state index contributed by atoms with van der Waals surface area (Å²) in [5.41, 5.74) is 4.22. The van der Waals surface area contributed by atoms with Gasteiger partial charge in [0.1, 0.15) is 5.75 Å². The summed E-state index contributed by atoms with van der Waals surface area (Å²) in [6.45, 7) is 0.852. The number of hydrogen-bond acceptors (Lipinski definition) is 2. The standard InChI is InChI=1S/C15H17NO/c1-2-10-6-7-17-15(10)14(3-1)11-8-12-4-5-13(9-11)16-12/h1-3,8,12-13,16H,4-7,9H2. The van der Waals surface area contributed by atoms with E-state index in [1.54, 1.807) is 0 Å². The summed E-state index contributed by atoms with van der Waals surface area (Å²) >= 11 is 0. The summed E-state index contributed by atoms with van der Waals surface area (Å²) in [6, 6.07) is 7.88. The Morgan fingerprint density at radius 3 is 3.18 bits per heavy atom. The fourth-order valence-electron chi connectivity index (χ4n) is 3.39. The van der Waals surface area contributed by atoms with Gasteiger partial charge < -0.3 is 10.1 Å². The third-order valence-corrected chi connectivity index (χ3v) is 4.20. The molecule has 0 saturated carbocycles. The smallest absolute Gasteiger partial charge is 0.130 e. The van der Waals surface area contributed by atoms with Gasteiger partial charge in [-0.2, -0.15) is 0 Å². The zero-order valence-corrected chi connectivity index (χ0v) is 9.91. The largest absolute Gasteiger partial charge is 0.492 e. The molecule has 0 aromatic heterocycles. The van der Waals surface area contributed by atoms with Crippen LogP contribution in [0.4, 0.5) is 0 Å². The number of ether oxygens (including phenoxy) is 1. The Bertz CT molecular complexity index is 492. The van der Waals surface area contributed by atoms with Gasteiger partial charge in [0.05, 0.1) is 6.61 Å². The SMILES string of the molecule is C1=C(c2cccc3c2OCC3)CC2CCC1N2. The highest BCUT2D eigenvalue weighted by Crippen LogP contribution is 2.39. The van der Waals surface area contributed by atoms with E-state index in [4.69, 9.17) is 4.74 Å². The fourth-order valence-corrected chi connectivity index (χ4v) is 3.39. The summed E-state index contributed by atoms with van der Waals surface area (Å²) in [5.74, 6) is 1.15. The van der Waals surface area contributed by atoms with Crippen molar-refractivity contribution in [2.24, 2.45) is 0 Å². The Balaban J connectivity index is 1.78. The first-order valence-electron chi connectivity index (χ1n) is 6.62. The summed E-state index contributed by atoms with van der Waals surface area (Å²) in [6.07, 6.45) is 7.27. The van der Waals surface area contributed by atoms with Crippen molar-refractivity contribution < 1.29 is 4.74 Å². The van der Waals surface area contributed by atoms with Crippen LogP contribution in [-0.2, 0) is 6.42 Å². The number of hydrogen-bond donors (Lipinski definition) is 1. The van der Waals surface area contributed by atoms with Crippen molar-refractivity contribution >= 4 is 5.57 Å². The Morgan fingerprint density at radius 2 is 2.24 bits per heavy atom. The van der Waals surface area contributed by atoms with E-state index < -0.39 is 0 Å². The molecule has 17 heavy (non-hydrogen) atoms. The fraction of sp³-hybridized carbons (Fsp3) is 0.467. The van der Waals surface area contributed by atoms with Gasteiger partial charge in [0.2, 0.25) is 0 Å². The molecule has 1 aromatic rings. The van der Waals surface area contributed by atoms with E-state index in [0.29, 0.717) is 12.1 Å². The molecule has 1 aromatic carbocycles. The third-order valence-electron chi connectivity index (χ3n) is 4.20. The predicted molar refractivity (Wildman–Crippen MR) is 68.2 cm³/mol. The van der Waals surface area contributed by atoms with Crippen molar-refractivity contribution in [2.45, 2.75) is 37.8 Å². The Hall–Kier alpha value is -1.28. The molecule has 88 valence electrons. The van der Waals surface area contributed by atoms with Crippen LogP contribution in [0.15, 0.2) is 24.3 Å². The zero-order chi connectivity index (χ0) is 11.2. The van der Waals surface area contributed by atoms with Crippen LogP contribution in [0.2, 0.25) is 0 Å². The first-order chi connectivity index (χ1) is 8.40. The van der Waals surface area contributed by atoms with Crippen LogP contribution < -0.4 is 10.1 Å². The second-order valence-electron chi connectivity index (χ2n) is 5.34. The minimum Gasteiger partial charge on any atom is -0.492 e. The maximum absolute atomic E-state index is 5.81. The quantitative estimate of drug-likeness (QED) is 0.796. The molecular weight excluding hydrogens is 210 g/mol. The summed E-state index contributed by atoms with van der Waals surface area (Å²) in [7, 11) is 0. The molecule has 0 spiro atoms. The lowest BCUT2D eigenvalue weighted by atomic mass is 9.94. The van der Waals surface area contributed by atoms with Crippen LogP contribution in [0.5, 0.6) is 5.75 Å². The van der Waals surface area contributed by atoms with Gasteiger partial charge in [0, 0.05) is 24.1 Å². The first-order valence-corrected chi connectivity index (χ1v) is 6.62. The molecule has 3 heterocycles. The molecular formula is C15H17NO.